The van der Waals surface area contributed by atoms with Crippen molar-refractivity contribution in [1.29, 1.82) is 0 Å². The number of carbonyl (C=O) groups excluding carboxylic acids is 2. The van der Waals surface area contributed by atoms with Gasteiger partial charge in [0.15, 0.2) is 4.80 Å². The molecule has 0 fully saturated rings. The molecule has 35 heavy (non-hydrogen) atoms. The highest BCUT2D eigenvalue weighted by Gasteiger charge is 2.33. The number of ether oxygens (including phenoxy) is 3. The first-order valence-corrected chi connectivity index (χ1v) is 11.8. The Morgan fingerprint density at radius 1 is 1.14 bits per heavy atom. The smallest absolute Gasteiger partial charge is 0.338 e. The molecule has 9 heteroatoms. The lowest BCUT2D eigenvalue weighted by atomic mass is 9.96. The van der Waals surface area contributed by atoms with Crippen LogP contribution in [0.3, 0.4) is 0 Å². The van der Waals surface area contributed by atoms with Crippen molar-refractivity contribution in [2.45, 2.75) is 26.8 Å². The van der Waals surface area contributed by atoms with Crippen molar-refractivity contribution in [3.63, 3.8) is 0 Å². The Morgan fingerprint density at radius 3 is 2.51 bits per heavy atom. The fourth-order valence-corrected chi connectivity index (χ4v) is 4.92. The Labute approximate surface area is 205 Å². The lowest BCUT2D eigenvalue weighted by molar-refractivity contribution is -0.139. The average Bonchev–Trinajstić information content (AvgIpc) is 3.13. The number of hydrogen-bond acceptors (Lipinski definition) is 8. The van der Waals surface area contributed by atoms with Crippen LogP contribution in [0, 0.1) is 0 Å². The molecular formula is C26H24N2O6S. The third-order valence-corrected chi connectivity index (χ3v) is 6.39. The standard InChI is InChI=1S/C26H24N2O6S/c1-5-33-25(31)22-15(2)27-26-28(23(22)17-10-12-19(32-4)13-11-17)24(30)21(35-26)14-18-8-6-7-9-20(18)34-16(3)29/h6-14,23H,5H2,1-4H3/b21-14+/t23-/m0/s1. The van der Waals surface area contributed by atoms with Gasteiger partial charge in [0.25, 0.3) is 5.56 Å². The summed E-state index contributed by atoms with van der Waals surface area (Å²) in [7, 11) is 1.57. The number of aromatic nitrogens is 1. The van der Waals surface area contributed by atoms with E-state index in [4.69, 9.17) is 14.2 Å². The highest BCUT2D eigenvalue weighted by molar-refractivity contribution is 7.07. The van der Waals surface area contributed by atoms with Crippen LogP contribution in [0.5, 0.6) is 11.5 Å². The van der Waals surface area contributed by atoms with Crippen molar-refractivity contribution < 1.29 is 23.8 Å². The van der Waals surface area contributed by atoms with E-state index in [1.807, 2.05) is 12.1 Å². The molecule has 0 saturated heterocycles. The Morgan fingerprint density at radius 2 is 1.86 bits per heavy atom. The van der Waals surface area contributed by atoms with Gasteiger partial charge in [-0.1, -0.05) is 41.7 Å². The molecule has 1 aliphatic rings. The zero-order chi connectivity index (χ0) is 25.1. The predicted molar refractivity (Wildman–Crippen MR) is 131 cm³/mol. The van der Waals surface area contributed by atoms with Crippen molar-refractivity contribution >= 4 is 29.4 Å². The molecule has 2 aromatic carbocycles. The average molecular weight is 493 g/mol. The quantitative estimate of drug-likeness (QED) is 0.388. The first-order chi connectivity index (χ1) is 16.8. The van der Waals surface area contributed by atoms with Crippen LogP contribution in [0.15, 0.2) is 69.6 Å². The van der Waals surface area contributed by atoms with Gasteiger partial charge >= 0.3 is 11.9 Å². The molecule has 0 saturated carbocycles. The number of allylic oxidation sites excluding steroid dienone is 1. The number of fused-ring (bicyclic) bond motifs is 1. The number of rotatable bonds is 6. The van der Waals surface area contributed by atoms with E-state index in [1.165, 1.54) is 22.8 Å². The molecule has 0 N–H and O–H groups in total. The minimum Gasteiger partial charge on any atom is -0.497 e. The lowest BCUT2D eigenvalue weighted by Crippen LogP contribution is -2.39. The molecule has 1 aromatic heterocycles. The molecule has 0 bridgehead atoms. The fourth-order valence-electron chi connectivity index (χ4n) is 3.88. The number of esters is 2. The van der Waals surface area contributed by atoms with Gasteiger partial charge in [-0.25, -0.2) is 9.79 Å². The Bertz CT molecular complexity index is 1500. The summed E-state index contributed by atoms with van der Waals surface area (Å²) in [6, 6.07) is 13.4. The molecule has 0 amide bonds. The van der Waals surface area contributed by atoms with E-state index in [1.54, 1.807) is 63.4 Å². The van der Waals surface area contributed by atoms with E-state index >= 15 is 0 Å². The van der Waals surface area contributed by atoms with E-state index in [9.17, 15) is 14.4 Å². The van der Waals surface area contributed by atoms with Crippen LogP contribution >= 0.6 is 11.3 Å². The summed E-state index contributed by atoms with van der Waals surface area (Å²) < 4.78 is 17.8. The van der Waals surface area contributed by atoms with E-state index in [0.29, 0.717) is 37.7 Å². The zero-order valence-corrected chi connectivity index (χ0v) is 20.5. The van der Waals surface area contributed by atoms with Gasteiger partial charge in [0.2, 0.25) is 0 Å². The van der Waals surface area contributed by atoms with E-state index in [2.05, 4.69) is 4.99 Å². The highest BCUT2D eigenvalue weighted by atomic mass is 32.1. The summed E-state index contributed by atoms with van der Waals surface area (Å²) in [5.74, 6) is 0.0214. The number of hydrogen-bond donors (Lipinski definition) is 0. The number of benzene rings is 2. The lowest BCUT2D eigenvalue weighted by Gasteiger charge is -2.24. The maximum Gasteiger partial charge on any atom is 0.338 e. The number of methoxy groups -OCH3 is 1. The molecule has 0 unspecified atom stereocenters. The highest BCUT2D eigenvalue weighted by Crippen LogP contribution is 2.31. The largest absolute Gasteiger partial charge is 0.497 e. The Hall–Kier alpha value is -3.98. The third-order valence-electron chi connectivity index (χ3n) is 5.41. The molecule has 4 rings (SSSR count). The maximum absolute atomic E-state index is 13.7. The number of carbonyl (C=O) groups is 2. The van der Waals surface area contributed by atoms with Crippen molar-refractivity contribution in [1.82, 2.24) is 4.57 Å². The molecule has 3 aromatic rings. The van der Waals surface area contributed by atoms with Gasteiger partial charge in [0.05, 0.1) is 35.6 Å². The first-order valence-electron chi connectivity index (χ1n) is 10.9. The molecule has 8 nitrogen and oxygen atoms in total. The Balaban J connectivity index is 1.93. The Kier molecular flexibility index (Phi) is 6.97. The predicted octanol–water partition coefficient (Wildman–Crippen LogP) is 2.73. The summed E-state index contributed by atoms with van der Waals surface area (Å²) in [5, 5.41) is 0. The van der Waals surface area contributed by atoms with E-state index in [0.717, 1.165) is 5.56 Å². The SMILES string of the molecule is CCOC(=O)C1=C(C)N=c2s/c(=C/c3ccccc3OC(C)=O)c(=O)n2[C@H]1c1ccc(OC)cc1. The molecule has 180 valence electrons. The van der Waals surface area contributed by atoms with Crippen molar-refractivity contribution in [3.05, 3.63) is 90.6 Å². The van der Waals surface area contributed by atoms with Crippen LogP contribution in [-0.4, -0.2) is 30.2 Å². The molecule has 0 radical (unpaired) electrons. The zero-order valence-electron chi connectivity index (χ0n) is 19.7. The number of para-hydroxylation sites is 1. The second-order valence-electron chi connectivity index (χ2n) is 7.71. The van der Waals surface area contributed by atoms with E-state index in [-0.39, 0.29) is 12.2 Å². The summed E-state index contributed by atoms with van der Waals surface area (Å²) >= 11 is 1.20. The second-order valence-corrected chi connectivity index (χ2v) is 8.72. The molecule has 0 spiro atoms. The van der Waals surface area contributed by atoms with Crippen LogP contribution in [0.4, 0.5) is 0 Å². The third kappa shape index (κ3) is 4.81. The van der Waals surface area contributed by atoms with Crippen LogP contribution in [-0.2, 0) is 14.3 Å². The summed E-state index contributed by atoms with van der Waals surface area (Å²) in [6.07, 6.45) is 1.66. The molecule has 0 aliphatic carbocycles. The number of nitrogens with zero attached hydrogens (tertiary/aromatic N) is 2. The van der Waals surface area contributed by atoms with Crippen LogP contribution in [0.2, 0.25) is 0 Å². The number of thiazole rings is 1. The van der Waals surface area contributed by atoms with E-state index < -0.39 is 18.0 Å². The summed E-state index contributed by atoms with van der Waals surface area (Å²) in [6.45, 7) is 4.98. The van der Waals surface area contributed by atoms with Gasteiger partial charge in [-0.05, 0) is 43.7 Å². The van der Waals surface area contributed by atoms with Crippen LogP contribution in [0.25, 0.3) is 6.08 Å². The van der Waals surface area contributed by atoms with Gasteiger partial charge in [-0.3, -0.25) is 14.2 Å². The van der Waals surface area contributed by atoms with Gasteiger partial charge < -0.3 is 14.2 Å². The van der Waals surface area contributed by atoms with Crippen molar-refractivity contribution in [2.24, 2.45) is 4.99 Å². The molecule has 1 atom stereocenters. The van der Waals surface area contributed by atoms with Crippen molar-refractivity contribution in [2.75, 3.05) is 13.7 Å². The minimum absolute atomic E-state index is 0.197. The van der Waals surface area contributed by atoms with Crippen LogP contribution in [0.1, 0.15) is 37.9 Å². The summed E-state index contributed by atoms with van der Waals surface area (Å²) in [5.41, 5.74) is 1.77. The molecule has 1 aliphatic heterocycles. The van der Waals surface area contributed by atoms with Gasteiger partial charge in [-0.15, -0.1) is 0 Å². The molecule has 2 heterocycles. The van der Waals surface area contributed by atoms with Gasteiger partial charge in [-0.2, -0.15) is 0 Å². The van der Waals surface area contributed by atoms with Gasteiger partial charge in [0, 0.05) is 12.5 Å². The minimum atomic E-state index is -0.720. The van der Waals surface area contributed by atoms with Gasteiger partial charge in [0.1, 0.15) is 11.5 Å². The second kappa shape index (κ2) is 10.1. The van der Waals surface area contributed by atoms with Crippen molar-refractivity contribution in [3.8, 4) is 11.5 Å². The summed E-state index contributed by atoms with van der Waals surface area (Å²) in [4.78, 5) is 43.1. The monoisotopic (exact) mass is 492 g/mol. The normalized spacial score (nSPS) is 15.3. The van der Waals surface area contributed by atoms with Crippen LogP contribution < -0.4 is 24.4 Å². The topological polar surface area (TPSA) is 96.2 Å². The fraction of sp³-hybridized carbons (Fsp3) is 0.231. The first kappa shape index (κ1) is 24.2. The maximum atomic E-state index is 13.7. The molecular weight excluding hydrogens is 468 g/mol.